The lowest BCUT2D eigenvalue weighted by Crippen LogP contribution is -2.19. The molecule has 0 spiro atoms. The van der Waals surface area contributed by atoms with Crippen molar-refractivity contribution in [3.63, 3.8) is 0 Å². The van der Waals surface area contributed by atoms with E-state index in [1.807, 2.05) is 56.6 Å². The van der Waals surface area contributed by atoms with E-state index in [-0.39, 0.29) is 12.5 Å². The van der Waals surface area contributed by atoms with E-state index >= 15 is 0 Å². The van der Waals surface area contributed by atoms with Crippen LogP contribution in [-0.2, 0) is 0 Å². The number of aliphatic hydroxyl groups is 1. The average Bonchev–Trinajstić information content (AvgIpc) is 2.75. The minimum absolute atomic E-state index is 0.000703. The van der Waals surface area contributed by atoms with Crippen LogP contribution in [-0.4, -0.2) is 43.9 Å². The molecule has 0 aliphatic heterocycles. The summed E-state index contributed by atoms with van der Waals surface area (Å²) in [4.78, 5) is 2.10. The fraction of sp³-hybridized carbons (Fsp3) is 0.231. The van der Waals surface area contributed by atoms with Crippen LogP contribution in [0.5, 0.6) is 5.75 Å². The maximum absolute atomic E-state index is 9.73. The average molecular weight is 388 g/mol. The zero-order valence-electron chi connectivity index (χ0n) is 17.2. The molecule has 1 unspecified atom stereocenters. The summed E-state index contributed by atoms with van der Waals surface area (Å²) in [6.45, 7) is 1.54. The van der Waals surface area contributed by atoms with Gasteiger partial charge in [0.15, 0.2) is 0 Å². The fourth-order valence-corrected chi connectivity index (χ4v) is 3.43. The quantitative estimate of drug-likeness (QED) is 0.571. The zero-order chi connectivity index (χ0) is 20.5. The van der Waals surface area contributed by atoms with Crippen LogP contribution in [0.4, 0.5) is 0 Å². The van der Waals surface area contributed by atoms with Gasteiger partial charge in [-0.15, -0.1) is 0 Å². The number of nitrogens with zero attached hydrogens (tertiary/aromatic N) is 1. The van der Waals surface area contributed by atoms with Crippen LogP contribution in [0.25, 0.3) is 5.57 Å². The van der Waals surface area contributed by atoms with Crippen molar-refractivity contribution < 1.29 is 9.84 Å². The van der Waals surface area contributed by atoms with Crippen LogP contribution in [0.15, 0.2) is 91.0 Å². The molecule has 3 aromatic rings. The molecule has 0 saturated heterocycles. The Hall–Kier alpha value is -2.88. The van der Waals surface area contributed by atoms with Gasteiger partial charge in [-0.1, -0.05) is 78.9 Å². The smallest absolute Gasteiger partial charge is 0.119 e. The van der Waals surface area contributed by atoms with Crippen molar-refractivity contribution in [2.75, 3.05) is 33.9 Å². The van der Waals surface area contributed by atoms with Crippen molar-refractivity contribution in [2.24, 2.45) is 0 Å². The first-order valence-corrected chi connectivity index (χ1v) is 9.98. The van der Waals surface area contributed by atoms with E-state index in [0.717, 1.165) is 23.4 Å². The van der Waals surface area contributed by atoms with Crippen molar-refractivity contribution in [1.82, 2.24) is 4.90 Å². The summed E-state index contributed by atoms with van der Waals surface area (Å²) in [6, 6.07) is 29.0. The van der Waals surface area contributed by atoms with Gasteiger partial charge in [0.1, 0.15) is 12.4 Å². The molecule has 3 heteroatoms. The second-order valence-electron chi connectivity index (χ2n) is 7.27. The second-order valence-corrected chi connectivity index (χ2v) is 7.27. The summed E-state index contributed by atoms with van der Waals surface area (Å²) in [5.41, 5.74) is 4.57. The predicted octanol–water partition coefficient (Wildman–Crippen LogP) is 4.83. The van der Waals surface area contributed by atoms with Gasteiger partial charge < -0.3 is 14.7 Å². The molecule has 0 bridgehead atoms. The predicted molar refractivity (Wildman–Crippen MR) is 120 cm³/mol. The van der Waals surface area contributed by atoms with E-state index in [2.05, 4.69) is 53.4 Å². The molecule has 3 aromatic carbocycles. The summed E-state index contributed by atoms with van der Waals surface area (Å²) >= 11 is 0. The summed E-state index contributed by atoms with van der Waals surface area (Å²) in [5, 5.41) is 9.73. The van der Waals surface area contributed by atoms with Gasteiger partial charge in [0, 0.05) is 12.5 Å². The Morgan fingerprint density at radius 1 is 0.862 bits per heavy atom. The van der Waals surface area contributed by atoms with Crippen LogP contribution in [0.2, 0.25) is 0 Å². The van der Waals surface area contributed by atoms with E-state index in [1.54, 1.807) is 0 Å². The topological polar surface area (TPSA) is 32.7 Å². The minimum Gasteiger partial charge on any atom is -0.492 e. The van der Waals surface area contributed by atoms with Crippen LogP contribution in [0.3, 0.4) is 0 Å². The van der Waals surface area contributed by atoms with Crippen LogP contribution >= 0.6 is 0 Å². The lowest BCUT2D eigenvalue weighted by molar-refractivity contribution is 0.261. The van der Waals surface area contributed by atoms with Crippen molar-refractivity contribution in [3.05, 3.63) is 108 Å². The molecule has 0 heterocycles. The molecular weight excluding hydrogens is 358 g/mol. The molecule has 0 aliphatic carbocycles. The first-order valence-electron chi connectivity index (χ1n) is 9.98. The molecule has 0 saturated carbocycles. The van der Waals surface area contributed by atoms with Crippen molar-refractivity contribution in [2.45, 2.75) is 5.92 Å². The largest absolute Gasteiger partial charge is 0.492 e. The molecule has 0 aromatic heterocycles. The summed E-state index contributed by atoms with van der Waals surface area (Å²) in [5.74, 6) is 0.899. The van der Waals surface area contributed by atoms with Gasteiger partial charge in [-0.3, -0.25) is 0 Å². The molecule has 0 fully saturated rings. The molecule has 1 atom stereocenters. The van der Waals surface area contributed by atoms with Gasteiger partial charge in [0.2, 0.25) is 0 Å². The molecule has 150 valence electrons. The van der Waals surface area contributed by atoms with E-state index in [0.29, 0.717) is 6.61 Å². The maximum atomic E-state index is 9.73. The molecule has 29 heavy (non-hydrogen) atoms. The Morgan fingerprint density at radius 2 is 1.45 bits per heavy atom. The highest BCUT2D eigenvalue weighted by molar-refractivity contribution is 5.75. The number of likely N-dealkylation sites (N-methyl/N-ethyl adjacent to an activating group) is 1. The number of rotatable bonds is 9. The van der Waals surface area contributed by atoms with E-state index < -0.39 is 0 Å². The Balaban J connectivity index is 1.95. The van der Waals surface area contributed by atoms with Gasteiger partial charge in [0.25, 0.3) is 0 Å². The van der Waals surface area contributed by atoms with Gasteiger partial charge in [-0.2, -0.15) is 0 Å². The zero-order valence-corrected chi connectivity index (χ0v) is 17.2. The Morgan fingerprint density at radius 3 is 2.03 bits per heavy atom. The van der Waals surface area contributed by atoms with Crippen LogP contribution in [0, 0.1) is 0 Å². The molecular formula is C26H29NO2. The van der Waals surface area contributed by atoms with Gasteiger partial charge in [0.05, 0.1) is 6.61 Å². The fourth-order valence-electron chi connectivity index (χ4n) is 3.43. The number of hydrogen-bond donors (Lipinski definition) is 1. The Labute approximate surface area is 173 Å². The standard InChI is InChI=1S/C26H29NO2/c1-27(2)18-20-29-24-15-13-23(14-16-24)26(22-11-7-4-8-12-22)25(17-19-28)21-9-5-3-6-10-21/h3-17,26,28H,18-20H2,1-2H3/b25-17-. The molecule has 3 nitrogen and oxygen atoms in total. The number of hydrogen-bond acceptors (Lipinski definition) is 3. The summed E-state index contributed by atoms with van der Waals surface area (Å²) < 4.78 is 5.85. The second kappa shape index (κ2) is 10.6. The first kappa shape index (κ1) is 20.8. The minimum atomic E-state index is -0.000703. The van der Waals surface area contributed by atoms with E-state index in [1.165, 1.54) is 11.1 Å². The Kier molecular flexibility index (Phi) is 7.62. The number of allylic oxidation sites excluding steroid dienone is 1. The number of ether oxygens (including phenoxy) is 1. The molecule has 0 radical (unpaired) electrons. The van der Waals surface area contributed by atoms with Crippen LogP contribution < -0.4 is 4.74 Å². The van der Waals surface area contributed by atoms with E-state index in [9.17, 15) is 5.11 Å². The number of aliphatic hydroxyl groups excluding tert-OH is 1. The third kappa shape index (κ3) is 5.80. The summed E-state index contributed by atoms with van der Waals surface area (Å²) in [7, 11) is 4.07. The lowest BCUT2D eigenvalue weighted by Gasteiger charge is -2.23. The highest BCUT2D eigenvalue weighted by Gasteiger charge is 2.20. The maximum Gasteiger partial charge on any atom is 0.119 e. The van der Waals surface area contributed by atoms with Crippen molar-refractivity contribution >= 4 is 5.57 Å². The van der Waals surface area contributed by atoms with Gasteiger partial charge >= 0.3 is 0 Å². The SMILES string of the molecule is CN(C)CCOc1ccc(C(/C(=C\CO)c2ccccc2)c2ccccc2)cc1. The third-order valence-corrected chi connectivity index (χ3v) is 4.88. The highest BCUT2D eigenvalue weighted by atomic mass is 16.5. The summed E-state index contributed by atoms with van der Waals surface area (Å²) in [6.07, 6.45) is 1.91. The highest BCUT2D eigenvalue weighted by Crippen LogP contribution is 2.38. The van der Waals surface area contributed by atoms with E-state index in [4.69, 9.17) is 4.74 Å². The van der Waals surface area contributed by atoms with Gasteiger partial charge in [-0.25, -0.2) is 0 Å². The number of benzene rings is 3. The first-order chi connectivity index (χ1) is 14.2. The molecule has 0 aliphatic rings. The normalized spacial score (nSPS) is 12.8. The Bertz CT molecular complexity index is 887. The molecule has 0 amide bonds. The lowest BCUT2D eigenvalue weighted by atomic mass is 9.81. The molecule has 1 N–H and O–H groups in total. The molecule has 3 rings (SSSR count). The van der Waals surface area contributed by atoms with Gasteiger partial charge in [-0.05, 0) is 48.5 Å². The third-order valence-electron chi connectivity index (χ3n) is 4.88. The van der Waals surface area contributed by atoms with Crippen molar-refractivity contribution in [1.29, 1.82) is 0 Å². The van der Waals surface area contributed by atoms with Crippen LogP contribution in [0.1, 0.15) is 22.6 Å². The monoisotopic (exact) mass is 387 g/mol. The van der Waals surface area contributed by atoms with Crippen molar-refractivity contribution in [3.8, 4) is 5.75 Å².